The minimum absolute atomic E-state index is 0.197. The lowest BCUT2D eigenvalue weighted by atomic mass is 10.1. The van der Waals surface area contributed by atoms with E-state index in [0.29, 0.717) is 19.4 Å². The van der Waals surface area contributed by atoms with Crippen LogP contribution < -0.4 is 10.5 Å². The molecule has 0 amide bonds. The second-order valence-electron chi connectivity index (χ2n) is 4.75. The van der Waals surface area contributed by atoms with Gasteiger partial charge in [0.25, 0.3) is 0 Å². The quantitative estimate of drug-likeness (QED) is 0.654. The summed E-state index contributed by atoms with van der Waals surface area (Å²) in [6, 6.07) is 15.3. The molecular formula is C17H19NO3. The highest BCUT2D eigenvalue weighted by molar-refractivity contribution is 5.69. The number of anilines is 1. The Kier molecular flexibility index (Phi) is 5.21. The van der Waals surface area contributed by atoms with Crippen molar-refractivity contribution in [2.45, 2.75) is 19.4 Å². The van der Waals surface area contributed by atoms with Crippen LogP contribution in [0.15, 0.2) is 48.5 Å². The summed E-state index contributed by atoms with van der Waals surface area (Å²) in [6.45, 7) is 0.479. The summed E-state index contributed by atoms with van der Waals surface area (Å²) in [6.07, 6.45) is 1.06. The number of nitrogens with two attached hydrogens (primary N) is 1. The van der Waals surface area contributed by atoms with Crippen molar-refractivity contribution in [3.8, 4) is 5.75 Å². The average molecular weight is 285 g/mol. The first-order chi connectivity index (χ1) is 10.2. The lowest BCUT2D eigenvalue weighted by Crippen LogP contribution is -2.02. The molecular weight excluding hydrogens is 266 g/mol. The molecule has 21 heavy (non-hydrogen) atoms. The van der Waals surface area contributed by atoms with Crippen molar-refractivity contribution in [3.63, 3.8) is 0 Å². The van der Waals surface area contributed by atoms with Crippen LogP contribution in [0.3, 0.4) is 0 Å². The molecule has 0 atom stereocenters. The van der Waals surface area contributed by atoms with E-state index in [9.17, 15) is 4.79 Å². The Morgan fingerprint density at radius 3 is 2.52 bits per heavy atom. The number of hydrogen-bond acceptors (Lipinski definition) is 4. The first-order valence-corrected chi connectivity index (χ1v) is 6.80. The van der Waals surface area contributed by atoms with Gasteiger partial charge in [0.1, 0.15) is 12.4 Å². The molecule has 0 aliphatic rings. The zero-order chi connectivity index (χ0) is 15.1. The van der Waals surface area contributed by atoms with Crippen LogP contribution >= 0.6 is 0 Å². The molecule has 0 bridgehead atoms. The number of carbonyl (C=O) groups is 1. The second kappa shape index (κ2) is 7.33. The van der Waals surface area contributed by atoms with Gasteiger partial charge in [0.15, 0.2) is 0 Å². The van der Waals surface area contributed by atoms with Gasteiger partial charge in [-0.3, -0.25) is 4.79 Å². The Balaban J connectivity index is 1.86. The zero-order valence-corrected chi connectivity index (χ0v) is 12.0. The number of hydrogen-bond donors (Lipinski definition) is 1. The van der Waals surface area contributed by atoms with Gasteiger partial charge in [-0.1, -0.05) is 24.3 Å². The molecule has 0 saturated heterocycles. The van der Waals surface area contributed by atoms with Crippen LogP contribution in [0.25, 0.3) is 0 Å². The summed E-state index contributed by atoms with van der Waals surface area (Å²) in [5.74, 6) is 0.594. The van der Waals surface area contributed by atoms with Crippen LogP contribution in [0, 0.1) is 0 Å². The molecule has 2 rings (SSSR count). The zero-order valence-electron chi connectivity index (χ0n) is 12.0. The number of esters is 1. The SMILES string of the molecule is COC(=O)CCc1ccc(OCc2cccc(N)c2)cc1. The van der Waals surface area contributed by atoms with Crippen molar-refractivity contribution in [2.24, 2.45) is 0 Å². The van der Waals surface area contributed by atoms with Crippen molar-refractivity contribution >= 4 is 11.7 Å². The first kappa shape index (κ1) is 14.9. The molecule has 0 aliphatic heterocycles. The molecule has 2 aromatic carbocycles. The fraction of sp³-hybridized carbons (Fsp3) is 0.235. The van der Waals surface area contributed by atoms with Crippen molar-refractivity contribution in [1.82, 2.24) is 0 Å². The lowest BCUT2D eigenvalue weighted by molar-refractivity contribution is -0.140. The maximum atomic E-state index is 11.1. The molecule has 0 radical (unpaired) electrons. The molecule has 0 unspecified atom stereocenters. The Morgan fingerprint density at radius 1 is 1.10 bits per heavy atom. The number of nitrogen functional groups attached to an aromatic ring is 1. The molecule has 0 saturated carbocycles. The molecule has 110 valence electrons. The highest BCUT2D eigenvalue weighted by atomic mass is 16.5. The lowest BCUT2D eigenvalue weighted by Gasteiger charge is -2.08. The van der Waals surface area contributed by atoms with Gasteiger partial charge in [-0.2, -0.15) is 0 Å². The predicted molar refractivity (Wildman–Crippen MR) is 82.0 cm³/mol. The maximum absolute atomic E-state index is 11.1. The minimum atomic E-state index is -0.197. The van der Waals surface area contributed by atoms with Gasteiger partial charge in [-0.15, -0.1) is 0 Å². The Morgan fingerprint density at radius 2 is 1.86 bits per heavy atom. The van der Waals surface area contributed by atoms with Crippen molar-refractivity contribution in [1.29, 1.82) is 0 Å². The normalized spacial score (nSPS) is 10.1. The molecule has 0 heterocycles. The van der Waals surface area contributed by atoms with Crippen molar-refractivity contribution in [3.05, 3.63) is 59.7 Å². The highest BCUT2D eigenvalue weighted by Crippen LogP contribution is 2.16. The molecule has 2 N–H and O–H groups in total. The molecule has 2 aromatic rings. The second-order valence-corrected chi connectivity index (χ2v) is 4.75. The number of rotatable bonds is 6. The van der Waals surface area contributed by atoms with Crippen molar-refractivity contribution in [2.75, 3.05) is 12.8 Å². The number of ether oxygens (including phenoxy) is 2. The van der Waals surface area contributed by atoms with Crippen LogP contribution in [0.5, 0.6) is 5.75 Å². The van der Waals surface area contributed by atoms with E-state index in [0.717, 1.165) is 22.6 Å². The summed E-state index contributed by atoms with van der Waals surface area (Å²) in [4.78, 5) is 11.1. The standard InChI is InChI=1S/C17H19NO3/c1-20-17(19)10-7-13-5-8-16(9-6-13)21-12-14-3-2-4-15(18)11-14/h2-6,8-9,11H,7,10,12,18H2,1H3. The first-order valence-electron chi connectivity index (χ1n) is 6.80. The van der Waals surface area contributed by atoms with Crippen LogP contribution in [0.4, 0.5) is 5.69 Å². The van der Waals surface area contributed by atoms with E-state index in [1.807, 2.05) is 48.5 Å². The minimum Gasteiger partial charge on any atom is -0.489 e. The van der Waals surface area contributed by atoms with E-state index in [1.54, 1.807) is 0 Å². The fourth-order valence-corrected chi connectivity index (χ4v) is 1.95. The summed E-state index contributed by atoms with van der Waals surface area (Å²) < 4.78 is 10.3. The van der Waals surface area contributed by atoms with E-state index < -0.39 is 0 Å². The third-order valence-corrected chi connectivity index (χ3v) is 3.13. The molecule has 0 spiro atoms. The Labute approximate surface area is 124 Å². The Bertz CT molecular complexity index is 593. The molecule has 0 aromatic heterocycles. The monoisotopic (exact) mass is 285 g/mol. The van der Waals surface area contributed by atoms with Gasteiger partial charge in [0.2, 0.25) is 0 Å². The molecule has 4 heteroatoms. The smallest absolute Gasteiger partial charge is 0.305 e. The van der Waals surface area contributed by atoms with Gasteiger partial charge in [-0.25, -0.2) is 0 Å². The predicted octanol–water partition coefficient (Wildman–Crippen LogP) is 2.95. The summed E-state index contributed by atoms with van der Waals surface area (Å²) in [7, 11) is 1.40. The van der Waals surface area contributed by atoms with Gasteiger partial charge < -0.3 is 15.2 Å². The fourth-order valence-electron chi connectivity index (χ4n) is 1.95. The van der Waals surface area contributed by atoms with Crippen LogP contribution in [-0.2, 0) is 22.6 Å². The van der Waals surface area contributed by atoms with E-state index in [4.69, 9.17) is 10.5 Å². The van der Waals surface area contributed by atoms with Crippen LogP contribution in [0.2, 0.25) is 0 Å². The average Bonchev–Trinajstić information content (AvgIpc) is 2.51. The van der Waals surface area contributed by atoms with Gasteiger partial charge >= 0.3 is 5.97 Å². The summed E-state index contributed by atoms with van der Waals surface area (Å²) in [5, 5.41) is 0. The third-order valence-electron chi connectivity index (χ3n) is 3.13. The van der Waals surface area contributed by atoms with Gasteiger partial charge in [0, 0.05) is 12.1 Å². The van der Waals surface area contributed by atoms with Gasteiger partial charge in [-0.05, 0) is 41.8 Å². The van der Waals surface area contributed by atoms with E-state index in [1.165, 1.54) is 7.11 Å². The topological polar surface area (TPSA) is 61.5 Å². The third kappa shape index (κ3) is 4.84. The highest BCUT2D eigenvalue weighted by Gasteiger charge is 2.02. The Hall–Kier alpha value is -2.49. The van der Waals surface area contributed by atoms with Crippen molar-refractivity contribution < 1.29 is 14.3 Å². The maximum Gasteiger partial charge on any atom is 0.305 e. The van der Waals surface area contributed by atoms with Crippen LogP contribution in [0.1, 0.15) is 17.5 Å². The van der Waals surface area contributed by atoms with E-state index >= 15 is 0 Å². The number of benzene rings is 2. The number of carbonyl (C=O) groups excluding carboxylic acids is 1. The largest absolute Gasteiger partial charge is 0.489 e. The molecule has 0 fully saturated rings. The summed E-state index contributed by atoms with van der Waals surface area (Å²) in [5.41, 5.74) is 8.57. The molecule has 4 nitrogen and oxygen atoms in total. The number of methoxy groups -OCH3 is 1. The van der Waals surface area contributed by atoms with E-state index in [2.05, 4.69) is 4.74 Å². The molecule has 0 aliphatic carbocycles. The van der Waals surface area contributed by atoms with E-state index in [-0.39, 0.29) is 5.97 Å². The summed E-state index contributed by atoms with van der Waals surface area (Å²) >= 11 is 0. The van der Waals surface area contributed by atoms with Gasteiger partial charge in [0.05, 0.1) is 7.11 Å². The van der Waals surface area contributed by atoms with Crippen LogP contribution in [-0.4, -0.2) is 13.1 Å². The number of aryl methyl sites for hydroxylation is 1.